The molecule has 0 aliphatic carbocycles. The van der Waals surface area contributed by atoms with Crippen molar-refractivity contribution < 1.29 is 0 Å². The Morgan fingerprint density at radius 1 is 0.812 bits per heavy atom. The molecule has 3 aromatic rings. The van der Waals surface area contributed by atoms with Gasteiger partial charge in [-0.2, -0.15) is 0 Å². The Labute approximate surface area is 190 Å². The van der Waals surface area contributed by atoms with Gasteiger partial charge in [-0.3, -0.25) is 0 Å². The summed E-state index contributed by atoms with van der Waals surface area (Å²) in [6.45, 7) is 10.5. The first kappa shape index (κ1) is 22.6. The maximum absolute atomic E-state index is 5.80. The van der Waals surface area contributed by atoms with E-state index < -0.39 is 0 Å². The summed E-state index contributed by atoms with van der Waals surface area (Å²) in [6.07, 6.45) is 3.20. The fourth-order valence-electron chi connectivity index (χ4n) is 3.21. The normalized spacial score (nSPS) is 11.8. The van der Waals surface area contributed by atoms with Crippen LogP contribution in [0, 0.1) is 0 Å². The molecule has 0 aliphatic rings. The number of allylic oxidation sites excluding steroid dienone is 2. The average molecular weight is 423 g/mol. The molecule has 0 heterocycles. The summed E-state index contributed by atoms with van der Waals surface area (Å²) >= 11 is 0. The number of hydrogen-bond donors (Lipinski definition) is 3. The monoisotopic (exact) mass is 422 g/mol. The van der Waals surface area contributed by atoms with Crippen molar-refractivity contribution in [2.75, 3.05) is 11.5 Å². The highest BCUT2D eigenvalue weighted by Crippen LogP contribution is 2.17. The smallest absolute Gasteiger partial charge is 0.133 e. The van der Waals surface area contributed by atoms with E-state index in [1.165, 1.54) is 5.56 Å². The standard InChI is InChI=1S/C28H30N4/c1-20(17-23-7-5-4-6-8-23)28(31-19-21(2)25-11-15-27(30)16-12-25)32-22(3)18-24-9-13-26(29)14-10-24/h4-16,19H,1,3,17-18,29-30H2,2H3,(H,31,32)/b21-19+. The molecule has 3 aromatic carbocycles. The third-order valence-electron chi connectivity index (χ3n) is 5.04. The highest BCUT2D eigenvalue weighted by molar-refractivity contribution is 5.99. The van der Waals surface area contributed by atoms with Gasteiger partial charge in [-0.25, -0.2) is 4.99 Å². The number of aliphatic imine (C=N–C) groups is 1. The highest BCUT2D eigenvalue weighted by Gasteiger charge is 2.08. The van der Waals surface area contributed by atoms with Crippen LogP contribution in [0.15, 0.2) is 114 Å². The number of benzene rings is 3. The third kappa shape index (κ3) is 6.74. The molecule has 3 rings (SSSR count). The van der Waals surface area contributed by atoms with Gasteiger partial charge in [-0.15, -0.1) is 0 Å². The molecule has 0 saturated heterocycles. The van der Waals surface area contributed by atoms with Crippen LogP contribution in [-0.4, -0.2) is 5.84 Å². The molecule has 0 bridgehead atoms. The zero-order chi connectivity index (χ0) is 22.9. The fourth-order valence-corrected chi connectivity index (χ4v) is 3.21. The summed E-state index contributed by atoms with van der Waals surface area (Å²) in [5.41, 5.74) is 19.2. The Morgan fingerprint density at radius 2 is 1.38 bits per heavy atom. The van der Waals surface area contributed by atoms with E-state index in [1.807, 2.05) is 79.9 Å². The first-order valence-corrected chi connectivity index (χ1v) is 10.5. The molecule has 0 unspecified atom stereocenters. The van der Waals surface area contributed by atoms with Gasteiger partial charge in [0.05, 0.1) is 0 Å². The van der Waals surface area contributed by atoms with Crippen LogP contribution in [0.25, 0.3) is 5.57 Å². The van der Waals surface area contributed by atoms with Gasteiger partial charge in [-0.05, 0) is 59.0 Å². The molecule has 4 heteroatoms. The Hall–Kier alpha value is -4.05. The van der Waals surface area contributed by atoms with Crippen LogP contribution in [0.3, 0.4) is 0 Å². The summed E-state index contributed by atoms with van der Waals surface area (Å²) in [5, 5.41) is 3.38. The average Bonchev–Trinajstić information content (AvgIpc) is 2.79. The summed E-state index contributed by atoms with van der Waals surface area (Å²) in [4.78, 5) is 4.75. The molecule has 0 saturated carbocycles. The van der Waals surface area contributed by atoms with Crippen LogP contribution in [0.4, 0.5) is 11.4 Å². The minimum absolute atomic E-state index is 0.665. The lowest BCUT2D eigenvalue weighted by atomic mass is 10.0. The van der Waals surface area contributed by atoms with Crippen LogP contribution in [0.2, 0.25) is 0 Å². The minimum atomic E-state index is 0.665. The number of anilines is 2. The van der Waals surface area contributed by atoms with E-state index in [4.69, 9.17) is 16.5 Å². The number of hydrogen-bond acceptors (Lipinski definition) is 3. The second-order valence-electron chi connectivity index (χ2n) is 7.82. The van der Waals surface area contributed by atoms with Crippen LogP contribution in [-0.2, 0) is 12.8 Å². The number of nitrogens with two attached hydrogens (primary N) is 2. The Morgan fingerprint density at radius 3 is 2.00 bits per heavy atom. The number of amidine groups is 1. The number of nitrogens with one attached hydrogen (secondary N) is 1. The van der Waals surface area contributed by atoms with Crippen molar-refractivity contribution in [1.82, 2.24) is 5.32 Å². The molecule has 0 amide bonds. The second kappa shape index (κ2) is 10.8. The van der Waals surface area contributed by atoms with Gasteiger partial charge in [0.1, 0.15) is 5.84 Å². The second-order valence-corrected chi connectivity index (χ2v) is 7.82. The topological polar surface area (TPSA) is 76.4 Å². The molecule has 0 aromatic heterocycles. The van der Waals surface area contributed by atoms with Gasteiger partial charge in [0.25, 0.3) is 0 Å². The van der Waals surface area contributed by atoms with Gasteiger partial charge < -0.3 is 16.8 Å². The van der Waals surface area contributed by atoms with E-state index in [1.54, 1.807) is 0 Å². The van der Waals surface area contributed by atoms with Gasteiger partial charge in [0.2, 0.25) is 0 Å². The quantitative estimate of drug-likeness (QED) is 0.246. The lowest BCUT2D eigenvalue weighted by Gasteiger charge is -2.15. The van der Waals surface area contributed by atoms with Gasteiger partial charge in [-0.1, -0.05) is 67.8 Å². The largest absolute Gasteiger partial charge is 0.399 e. The zero-order valence-electron chi connectivity index (χ0n) is 18.5. The van der Waals surface area contributed by atoms with Crippen LogP contribution >= 0.6 is 0 Å². The number of nitrogen functional groups attached to an aromatic ring is 2. The molecule has 162 valence electrons. The zero-order valence-corrected chi connectivity index (χ0v) is 18.5. The molecule has 0 spiro atoms. The highest BCUT2D eigenvalue weighted by atomic mass is 15.0. The molecule has 5 N–H and O–H groups in total. The van der Waals surface area contributed by atoms with Crippen molar-refractivity contribution in [2.45, 2.75) is 19.8 Å². The van der Waals surface area contributed by atoms with E-state index in [9.17, 15) is 0 Å². The van der Waals surface area contributed by atoms with Crippen LogP contribution in [0.5, 0.6) is 0 Å². The van der Waals surface area contributed by atoms with Crippen molar-refractivity contribution >= 4 is 22.8 Å². The molecule has 32 heavy (non-hydrogen) atoms. The molecular formula is C28H30N4. The van der Waals surface area contributed by atoms with Crippen molar-refractivity contribution in [3.63, 3.8) is 0 Å². The summed E-state index contributed by atoms with van der Waals surface area (Å²) in [7, 11) is 0. The van der Waals surface area contributed by atoms with E-state index in [2.05, 4.69) is 30.6 Å². The molecule has 0 fully saturated rings. The third-order valence-corrected chi connectivity index (χ3v) is 5.04. The maximum atomic E-state index is 5.80. The van der Waals surface area contributed by atoms with E-state index in [0.29, 0.717) is 18.7 Å². The van der Waals surface area contributed by atoms with Crippen molar-refractivity contribution in [1.29, 1.82) is 0 Å². The summed E-state index contributed by atoms with van der Waals surface area (Å²) in [6, 6.07) is 25.8. The molecule has 0 radical (unpaired) electrons. The number of rotatable bonds is 8. The number of nitrogens with zero attached hydrogens (tertiary/aromatic N) is 1. The van der Waals surface area contributed by atoms with Gasteiger partial charge in [0, 0.05) is 36.1 Å². The first-order chi connectivity index (χ1) is 15.4. The van der Waals surface area contributed by atoms with E-state index >= 15 is 0 Å². The Bertz CT molecular complexity index is 1120. The molecular weight excluding hydrogens is 392 g/mol. The summed E-state index contributed by atoms with van der Waals surface area (Å²) < 4.78 is 0. The lowest BCUT2D eigenvalue weighted by Crippen LogP contribution is -2.25. The van der Waals surface area contributed by atoms with Gasteiger partial charge in [0.15, 0.2) is 0 Å². The van der Waals surface area contributed by atoms with E-state index in [0.717, 1.165) is 39.3 Å². The Balaban J connectivity index is 1.80. The lowest BCUT2D eigenvalue weighted by molar-refractivity contribution is 1.00. The van der Waals surface area contributed by atoms with Crippen molar-refractivity contribution in [3.05, 3.63) is 126 Å². The minimum Gasteiger partial charge on any atom is -0.399 e. The SMILES string of the molecule is C=C(Cc1ccc(N)cc1)NC(=N/C=C(\C)c1ccc(N)cc1)C(=C)Cc1ccccc1. The van der Waals surface area contributed by atoms with Crippen LogP contribution in [0.1, 0.15) is 23.6 Å². The fraction of sp³-hybridized carbons (Fsp3) is 0.107. The van der Waals surface area contributed by atoms with Crippen molar-refractivity contribution in [3.8, 4) is 0 Å². The molecule has 4 nitrogen and oxygen atoms in total. The first-order valence-electron chi connectivity index (χ1n) is 10.5. The van der Waals surface area contributed by atoms with Gasteiger partial charge >= 0.3 is 0 Å². The van der Waals surface area contributed by atoms with E-state index in [-0.39, 0.29) is 0 Å². The van der Waals surface area contributed by atoms with Crippen molar-refractivity contribution in [2.24, 2.45) is 4.99 Å². The molecule has 0 aliphatic heterocycles. The predicted octanol–water partition coefficient (Wildman–Crippen LogP) is 5.76. The predicted molar refractivity (Wildman–Crippen MR) is 138 cm³/mol. The maximum Gasteiger partial charge on any atom is 0.133 e. The summed E-state index contributed by atoms with van der Waals surface area (Å²) in [5.74, 6) is 0.698. The molecule has 0 atom stereocenters. The Kier molecular flexibility index (Phi) is 7.65. The van der Waals surface area contributed by atoms with Crippen LogP contribution < -0.4 is 16.8 Å².